The van der Waals surface area contributed by atoms with Gasteiger partial charge >= 0.3 is 0 Å². The van der Waals surface area contributed by atoms with E-state index >= 15 is 0 Å². The zero-order valence-corrected chi connectivity index (χ0v) is 24.9. The van der Waals surface area contributed by atoms with Gasteiger partial charge in [0, 0.05) is 92.0 Å². The molecule has 6 aromatic rings. The van der Waals surface area contributed by atoms with E-state index in [1.165, 1.54) is 33.0 Å². The van der Waals surface area contributed by atoms with Crippen molar-refractivity contribution in [3.63, 3.8) is 0 Å². The van der Waals surface area contributed by atoms with E-state index in [1.54, 1.807) is 0 Å². The minimum atomic E-state index is 0.599. The average Bonchev–Trinajstić information content (AvgIpc) is 3.48. The Labute approximate surface area is 253 Å². The van der Waals surface area contributed by atoms with Crippen LogP contribution in [0.15, 0.2) is 97.7 Å². The number of pyridine rings is 2. The maximum atomic E-state index is 6.59. The summed E-state index contributed by atoms with van der Waals surface area (Å²) in [5.74, 6) is 0.925. The quantitative estimate of drug-likeness (QED) is 0.212. The van der Waals surface area contributed by atoms with E-state index in [9.17, 15) is 0 Å². The molecule has 0 unspecified atom stereocenters. The number of likely N-dealkylation sites (N-methyl/N-ethyl adjacent to an activating group) is 1. The molecule has 0 radical (unpaired) electrons. The fraction of sp³-hybridized carbons (Fsp3) is 0.243. The zero-order chi connectivity index (χ0) is 29.2. The standard InChI is InChI=1S/C37H37N5O/c1-26-21-39-23-35-34(24-40-37(26)35)32-11-8-28(25-42-17-15-41(2)16-18-42)20-36(32)43-19-13-27-6-9-30(10-7-27)31-5-3-4-29-12-14-38-22-33(29)31/h3-12,14,20-24,40H,13,15-19,25H2,1-2H3. The molecule has 3 aromatic heterocycles. The summed E-state index contributed by atoms with van der Waals surface area (Å²) in [6.45, 7) is 8.03. The summed E-state index contributed by atoms with van der Waals surface area (Å²) in [6, 6.07) is 24.0. The van der Waals surface area contributed by atoms with Gasteiger partial charge in [-0.25, -0.2) is 0 Å². The van der Waals surface area contributed by atoms with Crippen LogP contribution in [0.3, 0.4) is 0 Å². The van der Waals surface area contributed by atoms with Gasteiger partial charge in [-0.1, -0.05) is 54.6 Å². The number of hydrogen-bond donors (Lipinski definition) is 1. The lowest BCUT2D eigenvalue weighted by Crippen LogP contribution is -2.43. The molecule has 43 heavy (non-hydrogen) atoms. The van der Waals surface area contributed by atoms with Crippen molar-refractivity contribution in [3.05, 3.63) is 114 Å². The first-order chi connectivity index (χ1) is 21.1. The molecule has 0 bridgehead atoms. The van der Waals surface area contributed by atoms with Crippen LogP contribution < -0.4 is 4.74 Å². The fourth-order valence-corrected chi connectivity index (χ4v) is 6.17. The Bertz CT molecular complexity index is 1860. The van der Waals surface area contributed by atoms with Crippen molar-refractivity contribution in [1.82, 2.24) is 24.8 Å². The number of fused-ring (bicyclic) bond motifs is 2. The molecule has 6 nitrogen and oxygen atoms in total. The van der Waals surface area contributed by atoms with Crippen LogP contribution in [0.2, 0.25) is 0 Å². The molecular weight excluding hydrogens is 530 g/mol. The molecule has 6 heteroatoms. The van der Waals surface area contributed by atoms with Crippen molar-refractivity contribution in [3.8, 4) is 28.0 Å². The molecule has 0 saturated carbocycles. The van der Waals surface area contributed by atoms with Crippen LogP contribution in [0, 0.1) is 6.92 Å². The van der Waals surface area contributed by atoms with Gasteiger partial charge in [-0.3, -0.25) is 14.9 Å². The zero-order valence-electron chi connectivity index (χ0n) is 24.9. The van der Waals surface area contributed by atoms with Gasteiger partial charge in [-0.2, -0.15) is 0 Å². The lowest BCUT2D eigenvalue weighted by atomic mass is 9.98. The number of aromatic amines is 1. The first kappa shape index (κ1) is 27.3. The summed E-state index contributed by atoms with van der Waals surface area (Å²) >= 11 is 0. The minimum absolute atomic E-state index is 0.599. The number of rotatable bonds is 8. The van der Waals surface area contributed by atoms with Gasteiger partial charge in [0.2, 0.25) is 0 Å². The molecule has 7 rings (SSSR count). The molecule has 1 fully saturated rings. The summed E-state index contributed by atoms with van der Waals surface area (Å²) < 4.78 is 6.59. The number of H-pyrrole nitrogens is 1. The summed E-state index contributed by atoms with van der Waals surface area (Å²) in [7, 11) is 2.20. The van der Waals surface area contributed by atoms with Crippen LogP contribution in [0.4, 0.5) is 0 Å². The predicted molar refractivity (Wildman–Crippen MR) is 175 cm³/mol. The van der Waals surface area contributed by atoms with Crippen molar-refractivity contribution < 1.29 is 4.74 Å². The van der Waals surface area contributed by atoms with Gasteiger partial charge in [0.05, 0.1) is 12.1 Å². The molecular formula is C37H37N5O. The van der Waals surface area contributed by atoms with E-state index in [2.05, 4.69) is 112 Å². The third kappa shape index (κ3) is 5.76. The molecule has 0 spiro atoms. The summed E-state index contributed by atoms with van der Waals surface area (Å²) in [5.41, 5.74) is 9.43. The maximum absolute atomic E-state index is 6.59. The van der Waals surface area contributed by atoms with E-state index in [0.29, 0.717) is 6.61 Å². The van der Waals surface area contributed by atoms with Crippen LogP contribution in [0.1, 0.15) is 16.7 Å². The van der Waals surface area contributed by atoms with Crippen LogP contribution >= 0.6 is 0 Å². The summed E-state index contributed by atoms with van der Waals surface area (Å²) in [5, 5.41) is 3.50. The van der Waals surface area contributed by atoms with Gasteiger partial charge in [0.1, 0.15) is 5.75 Å². The molecule has 1 N–H and O–H groups in total. The molecule has 0 amide bonds. The van der Waals surface area contributed by atoms with Gasteiger partial charge < -0.3 is 14.6 Å². The van der Waals surface area contributed by atoms with Crippen molar-refractivity contribution in [2.75, 3.05) is 39.8 Å². The highest BCUT2D eigenvalue weighted by atomic mass is 16.5. The largest absolute Gasteiger partial charge is 0.493 e. The Hall–Kier alpha value is -4.52. The SMILES string of the molecule is Cc1cncc2c(-c3ccc(CN4CCN(C)CC4)cc3OCCc3ccc(-c4cccc5ccncc45)cc3)c[nH]c12. The molecule has 1 aliphatic heterocycles. The number of piperazine rings is 1. The first-order valence-corrected chi connectivity index (χ1v) is 15.1. The molecule has 216 valence electrons. The smallest absolute Gasteiger partial charge is 0.127 e. The highest BCUT2D eigenvalue weighted by molar-refractivity contribution is 5.98. The third-order valence-electron chi connectivity index (χ3n) is 8.72. The Morgan fingerprint density at radius 2 is 1.60 bits per heavy atom. The van der Waals surface area contributed by atoms with E-state index in [-0.39, 0.29) is 0 Å². The Morgan fingerprint density at radius 3 is 2.47 bits per heavy atom. The topological polar surface area (TPSA) is 57.3 Å². The van der Waals surface area contributed by atoms with Crippen molar-refractivity contribution in [2.45, 2.75) is 19.9 Å². The average molecular weight is 568 g/mol. The van der Waals surface area contributed by atoms with Crippen LogP contribution in [0.25, 0.3) is 43.9 Å². The van der Waals surface area contributed by atoms with E-state index in [4.69, 9.17) is 4.74 Å². The molecule has 0 aliphatic carbocycles. The lowest BCUT2D eigenvalue weighted by Gasteiger charge is -2.32. The normalized spacial score (nSPS) is 14.5. The van der Waals surface area contributed by atoms with Crippen LogP contribution in [-0.4, -0.2) is 64.6 Å². The molecule has 0 atom stereocenters. The monoisotopic (exact) mass is 567 g/mol. The summed E-state index contributed by atoms with van der Waals surface area (Å²) in [4.78, 5) is 17.2. The minimum Gasteiger partial charge on any atom is -0.493 e. The van der Waals surface area contributed by atoms with E-state index in [0.717, 1.165) is 72.5 Å². The van der Waals surface area contributed by atoms with Gasteiger partial charge in [-0.15, -0.1) is 0 Å². The number of hydrogen-bond acceptors (Lipinski definition) is 5. The van der Waals surface area contributed by atoms with Crippen molar-refractivity contribution in [2.24, 2.45) is 0 Å². The second-order valence-electron chi connectivity index (χ2n) is 11.7. The number of nitrogens with zero attached hydrogens (tertiary/aromatic N) is 4. The Balaban J connectivity index is 1.11. The second-order valence-corrected chi connectivity index (χ2v) is 11.7. The van der Waals surface area contributed by atoms with E-state index < -0.39 is 0 Å². The maximum Gasteiger partial charge on any atom is 0.127 e. The predicted octanol–water partition coefficient (Wildman–Crippen LogP) is 7.12. The highest BCUT2D eigenvalue weighted by Crippen LogP contribution is 2.37. The number of aromatic nitrogens is 3. The van der Waals surface area contributed by atoms with Crippen LogP contribution in [-0.2, 0) is 13.0 Å². The highest BCUT2D eigenvalue weighted by Gasteiger charge is 2.17. The number of ether oxygens (including phenoxy) is 1. The van der Waals surface area contributed by atoms with Crippen LogP contribution in [0.5, 0.6) is 5.75 Å². The number of aryl methyl sites for hydroxylation is 1. The number of benzene rings is 3. The molecule has 3 aromatic carbocycles. The second kappa shape index (κ2) is 12.0. The Kier molecular flexibility index (Phi) is 7.62. The fourth-order valence-electron chi connectivity index (χ4n) is 6.17. The summed E-state index contributed by atoms with van der Waals surface area (Å²) in [6.07, 6.45) is 10.6. The van der Waals surface area contributed by atoms with Crippen molar-refractivity contribution >= 4 is 21.7 Å². The first-order valence-electron chi connectivity index (χ1n) is 15.1. The van der Waals surface area contributed by atoms with Crippen molar-refractivity contribution in [1.29, 1.82) is 0 Å². The molecule has 1 aliphatic rings. The third-order valence-corrected chi connectivity index (χ3v) is 8.72. The van der Waals surface area contributed by atoms with Gasteiger partial charge in [0.25, 0.3) is 0 Å². The lowest BCUT2D eigenvalue weighted by molar-refractivity contribution is 0.148. The molecule has 1 saturated heterocycles. The number of nitrogens with one attached hydrogen (secondary N) is 1. The molecule has 4 heterocycles. The Morgan fingerprint density at radius 1 is 0.791 bits per heavy atom. The van der Waals surface area contributed by atoms with Gasteiger partial charge in [0.15, 0.2) is 0 Å². The van der Waals surface area contributed by atoms with E-state index in [1.807, 2.05) is 24.8 Å². The van der Waals surface area contributed by atoms with Gasteiger partial charge in [-0.05, 0) is 59.3 Å².